The van der Waals surface area contributed by atoms with Gasteiger partial charge < -0.3 is 15.7 Å². The first-order valence-electron chi connectivity index (χ1n) is 6.38. The Morgan fingerprint density at radius 3 is 2.78 bits per heavy atom. The standard InChI is InChI=1S/C12H19ClN4O/c13-12-15-8-10(14)11(16-12)17(6-7-18)9-4-2-1-3-5-9/h8-9,18H,1-7,14H2. The van der Waals surface area contributed by atoms with Crippen LogP contribution in [0.25, 0.3) is 0 Å². The van der Waals surface area contributed by atoms with E-state index in [1.165, 1.54) is 25.5 Å². The number of aliphatic hydroxyl groups excluding tert-OH is 1. The van der Waals surface area contributed by atoms with Gasteiger partial charge in [-0.25, -0.2) is 4.98 Å². The van der Waals surface area contributed by atoms with E-state index in [0.717, 1.165) is 12.8 Å². The van der Waals surface area contributed by atoms with Crippen molar-refractivity contribution in [3.63, 3.8) is 0 Å². The van der Waals surface area contributed by atoms with Gasteiger partial charge in [0, 0.05) is 12.6 Å². The highest BCUT2D eigenvalue weighted by Gasteiger charge is 2.23. The van der Waals surface area contributed by atoms with Crippen molar-refractivity contribution in [1.29, 1.82) is 0 Å². The van der Waals surface area contributed by atoms with Crippen LogP contribution < -0.4 is 10.6 Å². The highest BCUT2D eigenvalue weighted by Crippen LogP contribution is 2.29. The first-order chi connectivity index (χ1) is 8.72. The van der Waals surface area contributed by atoms with Crippen molar-refractivity contribution in [3.8, 4) is 0 Å². The average Bonchev–Trinajstić information content (AvgIpc) is 2.40. The molecule has 0 amide bonds. The van der Waals surface area contributed by atoms with Crippen molar-refractivity contribution in [2.75, 3.05) is 23.8 Å². The summed E-state index contributed by atoms with van der Waals surface area (Å²) in [6, 6.07) is 0.388. The molecule has 5 nitrogen and oxygen atoms in total. The molecule has 0 aliphatic heterocycles. The molecule has 0 radical (unpaired) electrons. The van der Waals surface area contributed by atoms with Crippen LogP contribution >= 0.6 is 11.6 Å². The number of rotatable bonds is 4. The molecule has 1 saturated carbocycles. The van der Waals surface area contributed by atoms with Crippen LogP contribution in [-0.2, 0) is 0 Å². The minimum Gasteiger partial charge on any atom is -0.395 e. The maximum atomic E-state index is 9.23. The zero-order valence-electron chi connectivity index (χ0n) is 10.3. The molecule has 0 unspecified atom stereocenters. The molecule has 0 saturated heterocycles. The van der Waals surface area contributed by atoms with Crippen LogP contribution in [0.3, 0.4) is 0 Å². The molecule has 1 fully saturated rings. The van der Waals surface area contributed by atoms with Gasteiger partial charge >= 0.3 is 0 Å². The molecule has 2 rings (SSSR count). The lowest BCUT2D eigenvalue weighted by Crippen LogP contribution is -2.40. The Labute approximate surface area is 112 Å². The number of halogens is 1. The van der Waals surface area contributed by atoms with Crippen LogP contribution in [0, 0.1) is 0 Å². The SMILES string of the molecule is Nc1cnc(Cl)nc1N(CCO)C1CCCCC1. The van der Waals surface area contributed by atoms with E-state index in [9.17, 15) is 5.11 Å². The molecule has 1 aliphatic carbocycles. The number of nitrogen functional groups attached to an aromatic ring is 1. The molecule has 1 aromatic heterocycles. The quantitative estimate of drug-likeness (QED) is 0.817. The minimum atomic E-state index is 0.0809. The average molecular weight is 271 g/mol. The summed E-state index contributed by atoms with van der Waals surface area (Å²) in [5.74, 6) is 0.649. The lowest BCUT2D eigenvalue weighted by Gasteiger charge is -2.35. The lowest BCUT2D eigenvalue weighted by molar-refractivity contribution is 0.289. The Kier molecular flexibility index (Phi) is 4.60. The van der Waals surface area contributed by atoms with Crippen molar-refractivity contribution >= 4 is 23.1 Å². The monoisotopic (exact) mass is 270 g/mol. The highest BCUT2D eigenvalue weighted by molar-refractivity contribution is 6.28. The van der Waals surface area contributed by atoms with Gasteiger partial charge in [-0.2, -0.15) is 4.98 Å². The maximum absolute atomic E-state index is 9.23. The van der Waals surface area contributed by atoms with Crippen molar-refractivity contribution in [2.24, 2.45) is 0 Å². The number of anilines is 2. The zero-order valence-corrected chi connectivity index (χ0v) is 11.1. The predicted octanol–water partition coefficient (Wildman–Crippen LogP) is 1.84. The summed E-state index contributed by atoms with van der Waals surface area (Å²) in [4.78, 5) is 10.1. The molecule has 0 atom stereocenters. The van der Waals surface area contributed by atoms with Crippen molar-refractivity contribution in [2.45, 2.75) is 38.1 Å². The molecule has 1 aromatic rings. The largest absolute Gasteiger partial charge is 0.395 e. The summed E-state index contributed by atoms with van der Waals surface area (Å²) in [6.07, 6.45) is 7.46. The Morgan fingerprint density at radius 2 is 2.11 bits per heavy atom. The molecule has 3 N–H and O–H groups in total. The van der Waals surface area contributed by atoms with E-state index in [1.54, 1.807) is 0 Å². The molecule has 0 aromatic carbocycles. The summed E-state index contributed by atoms with van der Waals surface area (Å²) >= 11 is 5.83. The molecule has 1 aliphatic rings. The van der Waals surface area contributed by atoms with Gasteiger partial charge in [-0.3, -0.25) is 0 Å². The third kappa shape index (κ3) is 3.03. The van der Waals surface area contributed by atoms with Gasteiger partial charge in [-0.05, 0) is 24.4 Å². The highest BCUT2D eigenvalue weighted by atomic mass is 35.5. The fourth-order valence-electron chi connectivity index (χ4n) is 2.55. The number of nitrogens with two attached hydrogens (primary N) is 1. The van der Waals surface area contributed by atoms with E-state index in [-0.39, 0.29) is 11.9 Å². The molecular formula is C12H19ClN4O. The van der Waals surface area contributed by atoms with Crippen LogP contribution in [0.5, 0.6) is 0 Å². The van der Waals surface area contributed by atoms with E-state index in [4.69, 9.17) is 17.3 Å². The smallest absolute Gasteiger partial charge is 0.224 e. The topological polar surface area (TPSA) is 75.3 Å². The van der Waals surface area contributed by atoms with E-state index in [1.807, 2.05) is 0 Å². The van der Waals surface area contributed by atoms with Crippen LogP contribution in [0.2, 0.25) is 5.28 Å². The summed E-state index contributed by atoms with van der Waals surface area (Å²) in [5, 5.41) is 9.42. The summed E-state index contributed by atoms with van der Waals surface area (Å²) in [6.45, 7) is 0.611. The van der Waals surface area contributed by atoms with Gasteiger partial charge in [-0.15, -0.1) is 0 Å². The number of hydrogen-bond acceptors (Lipinski definition) is 5. The maximum Gasteiger partial charge on any atom is 0.224 e. The van der Waals surface area contributed by atoms with Gasteiger partial charge in [0.05, 0.1) is 18.5 Å². The van der Waals surface area contributed by atoms with Crippen molar-refractivity contribution in [3.05, 3.63) is 11.5 Å². The molecule has 1 heterocycles. The predicted molar refractivity (Wildman–Crippen MR) is 72.8 cm³/mol. The number of aliphatic hydroxyl groups is 1. The van der Waals surface area contributed by atoms with Crippen molar-refractivity contribution in [1.82, 2.24) is 9.97 Å². The summed E-state index contributed by atoms with van der Waals surface area (Å²) in [5.41, 5.74) is 6.43. The molecule has 100 valence electrons. The van der Waals surface area contributed by atoms with E-state index >= 15 is 0 Å². The Hall–Kier alpha value is -1.07. The Morgan fingerprint density at radius 1 is 1.39 bits per heavy atom. The lowest BCUT2D eigenvalue weighted by atomic mass is 9.94. The van der Waals surface area contributed by atoms with Crippen LogP contribution in [-0.4, -0.2) is 34.3 Å². The second-order valence-corrected chi connectivity index (χ2v) is 4.96. The van der Waals surface area contributed by atoms with Gasteiger partial charge in [0.25, 0.3) is 0 Å². The molecule has 0 spiro atoms. The third-order valence-electron chi connectivity index (χ3n) is 3.39. The van der Waals surface area contributed by atoms with Crippen LogP contribution in [0.15, 0.2) is 6.20 Å². The van der Waals surface area contributed by atoms with Gasteiger partial charge in [0.15, 0.2) is 5.82 Å². The molecule has 6 heteroatoms. The van der Waals surface area contributed by atoms with Crippen LogP contribution in [0.4, 0.5) is 11.5 Å². The first-order valence-corrected chi connectivity index (χ1v) is 6.75. The first kappa shape index (κ1) is 13.4. The Balaban J connectivity index is 2.24. The van der Waals surface area contributed by atoms with Gasteiger partial charge in [0.1, 0.15) is 0 Å². The molecular weight excluding hydrogens is 252 g/mol. The third-order valence-corrected chi connectivity index (χ3v) is 3.58. The van der Waals surface area contributed by atoms with Crippen molar-refractivity contribution < 1.29 is 5.11 Å². The zero-order chi connectivity index (χ0) is 13.0. The van der Waals surface area contributed by atoms with E-state index in [0.29, 0.717) is 24.1 Å². The van der Waals surface area contributed by atoms with E-state index in [2.05, 4.69) is 14.9 Å². The number of nitrogens with zero attached hydrogens (tertiary/aromatic N) is 3. The van der Waals surface area contributed by atoms with Gasteiger partial charge in [-0.1, -0.05) is 19.3 Å². The summed E-state index contributed by atoms with van der Waals surface area (Å²) < 4.78 is 0. The Bertz CT molecular complexity index is 396. The van der Waals surface area contributed by atoms with Crippen LogP contribution in [0.1, 0.15) is 32.1 Å². The molecule has 0 bridgehead atoms. The van der Waals surface area contributed by atoms with Gasteiger partial charge in [0.2, 0.25) is 5.28 Å². The second-order valence-electron chi connectivity index (χ2n) is 4.63. The normalized spacial score (nSPS) is 16.8. The van der Waals surface area contributed by atoms with E-state index < -0.39 is 0 Å². The number of aromatic nitrogens is 2. The fourth-order valence-corrected chi connectivity index (χ4v) is 2.68. The molecule has 18 heavy (non-hydrogen) atoms. The number of hydrogen-bond donors (Lipinski definition) is 2. The minimum absolute atomic E-state index is 0.0809. The summed E-state index contributed by atoms with van der Waals surface area (Å²) in [7, 11) is 0. The second kappa shape index (κ2) is 6.20. The fraction of sp³-hybridized carbons (Fsp3) is 0.667.